The van der Waals surface area contributed by atoms with Crippen LogP contribution >= 0.6 is 0 Å². The second-order valence-corrected chi connectivity index (χ2v) is 9.57. The van der Waals surface area contributed by atoms with Crippen molar-refractivity contribution in [3.05, 3.63) is 65.5 Å². The summed E-state index contributed by atoms with van der Waals surface area (Å²) in [6.45, 7) is 13.6. The lowest BCUT2D eigenvalue weighted by Crippen LogP contribution is -2.57. The van der Waals surface area contributed by atoms with Crippen molar-refractivity contribution in [1.29, 1.82) is 0 Å². The Kier molecular flexibility index (Phi) is 4.97. The molecular formula is C26H30N6. The molecule has 4 heterocycles. The molecule has 0 amide bonds. The highest BCUT2D eigenvalue weighted by atomic mass is 15.4. The van der Waals surface area contributed by atoms with Gasteiger partial charge >= 0.3 is 0 Å². The number of aromatic nitrogens is 4. The number of nitrogens with zero attached hydrogens (tertiary/aromatic N) is 5. The minimum Gasteiger partial charge on any atom is -0.352 e. The number of benzene rings is 1. The third kappa shape index (κ3) is 3.75. The van der Waals surface area contributed by atoms with Gasteiger partial charge in [0.1, 0.15) is 11.5 Å². The number of hydrogen-bond donors (Lipinski definition) is 1. The fraction of sp³-hybridized carbons (Fsp3) is 0.346. The molecule has 32 heavy (non-hydrogen) atoms. The van der Waals surface area contributed by atoms with Crippen LogP contribution in [0.3, 0.4) is 0 Å². The van der Waals surface area contributed by atoms with Crippen LogP contribution in [0.1, 0.15) is 30.5 Å². The summed E-state index contributed by atoms with van der Waals surface area (Å²) in [6, 6.07) is 12.8. The fourth-order valence-electron chi connectivity index (χ4n) is 4.72. The molecule has 6 heteroatoms. The molecule has 0 aliphatic carbocycles. The van der Waals surface area contributed by atoms with Gasteiger partial charge in [-0.15, -0.1) is 5.10 Å². The maximum Gasteiger partial charge on any atom is 0.155 e. The lowest BCUT2D eigenvalue weighted by Gasteiger charge is -2.39. The Bertz CT molecular complexity index is 1280. The molecule has 3 aromatic heterocycles. The van der Waals surface area contributed by atoms with Gasteiger partial charge in [0.25, 0.3) is 0 Å². The van der Waals surface area contributed by atoms with Gasteiger partial charge in [-0.3, -0.25) is 4.98 Å². The number of aryl methyl sites for hydroxylation is 3. The highest BCUT2D eigenvalue weighted by Gasteiger charge is 2.27. The van der Waals surface area contributed by atoms with Gasteiger partial charge < -0.3 is 10.2 Å². The van der Waals surface area contributed by atoms with E-state index in [4.69, 9.17) is 10.1 Å². The molecule has 0 spiro atoms. The zero-order chi connectivity index (χ0) is 22.5. The standard InChI is InChI=1S/C26H30N6/c1-17-12-18(2)14-20(13-17)24-25(21-8-9-27-15-19(21)3)32-22(29-24)6-7-23(30-32)31-11-10-28-26(4,5)16-31/h6-9,12-15,28H,10-11,16H2,1-5H3. The largest absolute Gasteiger partial charge is 0.352 e. The lowest BCUT2D eigenvalue weighted by molar-refractivity contribution is 0.351. The zero-order valence-corrected chi connectivity index (χ0v) is 19.5. The van der Waals surface area contributed by atoms with Gasteiger partial charge in [-0.1, -0.05) is 17.2 Å². The third-order valence-corrected chi connectivity index (χ3v) is 6.13. The summed E-state index contributed by atoms with van der Waals surface area (Å²) >= 11 is 0. The van der Waals surface area contributed by atoms with Gasteiger partial charge in [-0.05, 0) is 70.5 Å². The first kappa shape index (κ1) is 20.6. The second kappa shape index (κ2) is 7.71. The molecule has 1 aromatic carbocycles. The van der Waals surface area contributed by atoms with Gasteiger partial charge in [0.2, 0.25) is 0 Å². The van der Waals surface area contributed by atoms with E-state index in [9.17, 15) is 0 Å². The van der Waals surface area contributed by atoms with Crippen molar-refractivity contribution >= 4 is 11.5 Å². The van der Waals surface area contributed by atoms with Crippen LogP contribution in [-0.4, -0.2) is 44.8 Å². The lowest BCUT2D eigenvalue weighted by atomic mass is 10.00. The van der Waals surface area contributed by atoms with Crippen LogP contribution in [0.2, 0.25) is 0 Å². The summed E-state index contributed by atoms with van der Waals surface area (Å²) in [5, 5.41) is 8.69. The van der Waals surface area contributed by atoms with Crippen molar-refractivity contribution in [2.45, 2.75) is 40.2 Å². The first-order chi connectivity index (χ1) is 15.3. The molecule has 4 aromatic rings. The molecule has 1 aliphatic heterocycles. The topological polar surface area (TPSA) is 58.4 Å². The molecule has 1 saturated heterocycles. The van der Waals surface area contributed by atoms with Gasteiger partial charge in [-0.25, -0.2) is 9.50 Å². The molecule has 0 atom stereocenters. The zero-order valence-electron chi connectivity index (χ0n) is 19.5. The Labute approximate surface area is 189 Å². The van der Waals surface area contributed by atoms with Crippen molar-refractivity contribution in [3.63, 3.8) is 0 Å². The minimum atomic E-state index is 0.0542. The Balaban J connectivity index is 1.74. The minimum absolute atomic E-state index is 0.0542. The van der Waals surface area contributed by atoms with Crippen molar-refractivity contribution in [2.24, 2.45) is 0 Å². The van der Waals surface area contributed by atoms with Crippen LogP contribution in [0.5, 0.6) is 0 Å². The van der Waals surface area contributed by atoms with E-state index in [2.05, 4.69) is 86.2 Å². The molecule has 5 rings (SSSR count). The Morgan fingerprint density at radius 2 is 1.78 bits per heavy atom. The third-order valence-electron chi connectivity index (χ3n) is 6.13. The number of fused-ring (bicyclic) bond motifs is 1. The molecular weight excluding hydrogens is 396 g/mol. The van der Waals surface area contributed by atoms with E-state index in [0.717, 1.165) is 59.2 Å². The Morgan fingerprint density at radius 1 is 1.00 bits per heavy atom. The van der Waals surface area contributed by atoms with Crippen molar-refractivity contribution < 1.29 is 0 Å². The van der Waals surface area contributed by atoms with Gasteiger partial charge in [0.05, 0.1) is 5.69 Å². The molecule has 1 aliphatic rings. The summed E-state index contributed by atoms with van der Waals surface area (Å²) in [5.41, 5.74) is 8.66. The van der Waals surface area contributed by atoms with E-state index in [1.54, 1.807) is 0 Å². The SMILES string of the molecule is Cc1cc(C)cc(-c2nc3ccc(N4CCNC(C)(C)C4)nn3c2-c2ccncc2C)c1. The maximum atomic E-state index is 5.10. The molecule has 0 unspecified atom stereocenters. The molecule has 0 saturated carbocycles. The first-order valence-corrected chi connectivity index (χ1v) is 11.2. The van der Waals surface area contributed by atoms with E-state index in [1.165, 1.54) is 11.1 Å². The number of imidazole rings is 1. The van der Waals surface area contributed by atoms with Crippen LogP contribution in [0, 0.1) is 20.8 Å². The molecule has 1 fully saturated rings. The van der Waals surface area contributed by atoms with Crippen LogP contribution < -0.4 is 10.2 Å². The molecule has 164 valence electrons. The fourth-order valence-corrected chi connectivity index (χ4v) is 4.72. The van der Waals surface area contributed by atoms with E-state index in [1.807, 2.05) is 16.9 Å². The Morgan fingerprint density at radius 3 is 2.50 bits per heavy atom. The summed E-state index contributed by atoms with van der Waals surface area (Å²) in [4.78, 5) is 11.7. The highest BCUT2D eigenvalue weighted by molar-refractivity contribution is 5.83. The van der Waals surface area contributed by atoms with Crippen LogP contribution in [0.4, 0.5) is 5.82 Å². The normalized spacial score (nSPS) is 16.0. The van der Waals surface area contributed by atoms with E-state index in [-0.39, 0.29) is 5.54 Å². The molecule has 0 bridgehead atoms. The molecule has 1 N–H and O–H groups in total. The number of piperazine rings is 1. The summed E-state index contributed by atoms with van der Waals surface area (Å²) in [5.74, 6) is 0.976. The first-order valence-electron chi connectivity index (χ1n) is 11.2. The average molecular weight is 427 g/mol. The van der Waals surface area contributed by atoms with Gasteiger partial charge in [0, 0.05) is 48.7 Å². The predicted octanol–water partition coefficient (Wildman–Crippen LogP) is 4.57. The van der Waals surface area contributed by atoms with Gasteiger partial charge in [-0.2, -0.15) is 0 Å². The van der Waals surface area contributed by atoms with Crippen LogP contribution in [0.25, 0.3) is 28.2 Å². The maximum absolute atomic E-state index is 5.10. The molecule has 6 nitrogen and oxygen atoms in total. The van der Waals surface area contributed by atoms with Gasteiger partial charge in [0.15, 0.2) is 5.65 Å². The summed E-state index contributed by atoms with van der Waals surface area (Å²) < 4.78 is 2.01. The second-order valence-electron chi connectivity index (χ2n) is 9.57. The van der Waals surface area contributed by atoms with E-state index in [0.29, 0.717) is 0 Å². The summed E-state index contributed by atoms with van der Waals surface area (Å²) in [7, 11) is 0. The quantitative estimate of drug-likeness (QED) is 0.520. The number of nitrogens with one attached hydrogen (secondary N) is 1. The van der Waals surface area contributed by atoms with Crippen LogP contribution in [-0.2, 0) is 0 Å². The highest BCUT2D eigenvalue weighted by Crippen LogP contribution is 2.35. The molecule has 0 radical (unpaired) electrons. The number of hydrogen-bond acceptors (Lipinski definition) is 5. The average Bonchev–Trinajstić information content (AvgIpc) is 3.11. The van der Waals surface area contributed by atoms with Crippen molar-refractivity contribution in [3.8, 4) is 22.5 Å². The summed E-state index contributed by atoms with van der Waals surface area (Å²) in [6.07, 6.45) is 3.75. The number of rotatable bonds is 3. The number of anilines is 1. The van der Waals surface area contributed by atoms with Crippen LogP contribution in [0.15, 0.2) is 48.8 Å². The van der Waals surface area contributed by atoms with Crippen molar-refractivity contribution in [2.75, 3.05) is 24.5 Å². The predicted molar refractivity (Wildman–Crippen MR) is 130 cm³/mol. The monoisotopic (exact) mass is 426 g/mol. The smallest absolute Gasteiger partial charge is 0.155 e. The number of pyridine rings is 1. The van der Waals surface area contributed by atoms with E-state index >= 15 is 0 Å². The van der Waals surface area contributed by atoms with Crippen molar-refractivity contribution in [1.82, 2.24) is 24.9 Å². The Hall–Kier alpha value is -3.25. The van der Waals surface area contributed by atoms with E-state index < -0.39 is 0 Å².